The minimum atomic E-state index is -0.512. The molecule has 0 radical (unpaired) electrons. The number of nitrogens with one attached hydrogen (secondary N) is 2. The Kier molecular flexibility index (Phi) is 5.41. The van der Waals surface area contributed by atoms with Gasteiger partial charge in [-0.25, -0.2) is 9.37 Å². The van der Waals surface area contributed by atoms with E-state index in [1.165, 1.54) is 16.6 Å². The van der Waals surface area contributed by atoms with Gasteiger partial charge in [0.15, 0.2) is 0 Å². The van der Waals surface area contributed by atoms with Crippen molar-refractivity contribution < 1.29 is 14.0 Å². The third-order valence-electron chi connectivity index (χ3n) is 6.12. The van der Waals surface area contributed by atoms with Crippen LogP contribution in [0.3, 0.4) is 0 Å². The Morgan fingerprint density at radius 2 is 2.18 bits per heavy atom. The SMILES string of the molecule is CCc1cc2n(CC(=O)Nc3ccc(F)cn3)c3c(c(=O)n2n1)CN(C[C@H]1CCCN1)C3=O. The summed E-state index contributed by atoms with van der Waals surface area (Å²) in [5.74, 6) is -1.05. The molecule has 0 aliphatic carbocycles. The van der Waals surface area contributed by atoms with Gasteiger partial charge in [-0.2, -0.15) is 9.61 Å². The highest BCUT2D eigenvalue weighted by Crippen LogP contribution is 2.24. The molecule has 33 heavy (non-hydrogen) atoms. The highest BCUT2D eigenvalue weighted by molar-refractivity contribution is 5.98. The fourth-order valence-corrected chi connectivity index (χ4v) is 4.50. The maximum atomic E-state index is 13.4. The molecule has 10 nitrogen and oxygen atoms in total. The number of amides is 2. The molecule has 0 unspecified atom stereocenters. The van der Waals surface area contributed by atoms with Crippen LogP contribution in [0, 0.1) is 5.82 Å². The molecule has 5 heterocycles. The van der Waals surface area contributed by atoms with Crippen LogP contribution in [0.15, 0.2) is 29.2 Å². The highest BCUT2D eigenvalue weighted by atomic mass is 19.1. The van der Waals surface area contributed by atoms with Gasteiger partial charge in [-0.3, -0.25) is 14.4 Å². The van der Waals surface area contributed by atoms with Crippen LogP contribution in [-0.4, -0.2) is 55.0 Å². The van der Waals surface area contributed by atoms with Gasteiger partial charge >= 0.3 is 0 Å². The van der Waals surface area contributed by atoms with Gasteiger partial charge in [0.2, 0.25) is 5.91 Å². The molecule has 5 rings (SSSR count). The van der Waals surface area contributed by atoms with Crippen LogP contribution in [0.25, 0.3) is 5.65 Å². The molecular weight excluding hydrogens is 429 g/mol. The Labute approximate surface area is 188 Å². The molecule has 0 aromatic carbocycles. The van der Waals surface area contributed by atoms with Crippen LogP contribution in [0.4, 0.5) is 10.2 Å². The van der Waals surface area contributed by atoms with E-state index in [2.05, 4.69) is 20.7 Å². The lowest BCUT2D eigenvalue weighted by atomic mass is 10.2. The molecule has 2 N–H and O–H groups in total. The van der Waals surface area contributed by atoms with Crippen LogP contribution in [-0.2, 0) is 24.3 Å². The van der Waals surface area contributed by atoms with Gasteiger partial charge in [0, 0.05) is 18.7 Å². The first-order valence-electron chi connectivity index (χ1n) is 11.0. The lowest BCUT2D eigenvalue weighted by Gasteiger charge is -2.20. The monoisotopic (exact) mass is 453 g/mol. The molecule has 2 aliphatic heterocycles. The first-order chi connectivity index (χ1) is 15.9. The zero-order valence-corrected chi connectivity index (χ0v) is 18.2. The summed E-state index contributed by atoms with van der Waals surface area (Å²) in [6, 6.07) is 4.46. The summed E-state index contributed by atoms with van der Waals surface area (Å²) in [5, 5.41) is 10.4. The van der Waals surface area contributed by atoms with E-state index in [0.29, 0.717) is 29.9 Å². The Morgan fingerprint density at radius 1 is 1.33 bits per heavy atom. The van der Waals surface area contributed by atoms with Crippen molar-refractivity contribution in [3.63, 3.8) is 0 Å². The van der Waals surface area contributed by atoms with E-state index in [0.717, 1.165) is 25.6 Å². The third-order valence-corrected chi connectivity index (χ3v) is 6.12. The summed E-state index contributed by atoms with van der Waals surface area (Å²) < 4.78 is 15.9. The van der Waals surface area contributed by atoms with Crippen LogP contribution >= 0.6 is 0 Å². The smallest absolute Gasteiger partial charge is 0.280 e. The number of aromatic nitrogens is 4. The van der Waals surface area contributed by atoms with Gasteiger partial charge < -0.3 is 20.1 Å². The largest absolute Gasteiger partial charge is 0.331 e. The van der Waals surface area contributed by atoms with E-state index >= 15 is 0 Å². The quantitative estimate of drug-likeness (QED) is 0.574. The predicted octanol–water partition coefficient (Wildman–Crippen LogP) is 0.939. The van der Waals surface area contributed by atoms with Crippen molar-refractivity contribution in [3.8, 4) is 0 Å². The zero-order chi connectivity index (χ0) is 23.1. The lowest BCUT2D eigenvalue weighted by molar-refractivity contribution is -0.116. The molecule has 0 saturated carbocycles. The maximum Gasteiger partial charge on any atom is 0.280 e. The van der Waals surface area contributed by atoms with E-state index in [4.69, 9.17) is 0 Å². The van der Waals surface area contributed by atoms with Crippen LogP contribution in [0.2, 0.25) is 0 Å². The van der Waals surface area contributed by atoms with E-state index in [1.54, 1.807) is 15.5 Å². The summed E-state index contributed by atoms with van der Waals surface area (Å²) in [4.78, 5) is 44.9. The summed E-state index contributed by atoms with van der Waals surface area (Å²) in [6.45, 7) is 3.29. The number of carbonyl (C=O) groups excluding carboxylic acids is 2. The molecule has 3 aromatic heterocycles. The Bertz CT molecular complexity index is 1290. The summed E-state index contributed by atoms with van der Waals surface area (Å²) >= 11 is 0. The van der Waals surface area contributed by atoms with E-state index in [1.807, 2.05) is 6.92 Å². The van der Waals surface area contributed by atoms with Crippen molar-refractivity contribution in [2.75, 3.05) is 18.4 Å². The van der Waals surface area contributed by atoms with Crippen LogP contribution < -0.4 is 16.2 Å². The predicted molar refractivity (Wildman–Crippen MR) is 117 cm³/mol. The molecule has 0 spiro atoms. The van der Waals surface area contributed by atoms with Crippen LogP contribution in [0.1, 0.15) is 41.5 Å². The number of rotatable bonds is 6. The number of aryl methyl sites for hydroxylation is 1. The first kappa shape index (κ1) is 21.3. The standard InChI is InChI=1S/C22H24FN7O3/c1-2-14-8-19-29(12-18(31)26-17-6-5-13(23)9-25-17)20-16(21(32)30(19)27-14)11-28(22(20)33)10-15-4-3-7-24-15/h5-6,8-9,15,24H,2-4,7,10-12H2,1H3,(H,25,26,31)/t15-/m1/s1. The van der Waals surface area contributed by atoms with Gasteiger partial charge in [-0.15, -0.1) is 0 Å². The number of halogens is 1. The third kappa shape index (κ3) is 3.88. The average Bonchev–Trinajstić information content (AvgIpc) is 3.53. The van der Waals surface area contributed by atoms with Crippen LogP contribution in [0.5, 0.6) is 0 Å². The fraction of sp³-hybridized carbons (Fsp3) is 0.409. The molecule has 3 aromatic rings. The van der Waals surface area contributed by atoms with Gasteiger partial charge in [0.1, 0.15) is 29.5 Å². The number of pyridine rings is 1. The molecular formula is C22H24FN7O3. The summed E-state index contributed by atoms with van der Waals surface area (Å²) in [7, 11) is 0. The minimum absolute atomic E-state index is 0.184. The van der Waals surface area contributed by atoms with Crippen molar-refractivity contribution in [1.29, 1.82) is 0 Å². The molecule has 1 atom stereocenters. The number of hydrogen-bond donors (Lipinski definition) is 2. The normalized spacial score (nSPS) is 17.7. The number of fused-ring (bicyclic) bond motifs is 2. The average molecular weight is 453 g/mol. The van der Waals surface area contributed by atoms with Crippen molar-refractivity contribution in [2.45, 2.75) is 45.3 Å². The van der Waals surface area contributed by atoms with Gasteiger partial charge in [-0.1, -0.05) is 6.92 Å². The maximum absolute atomic E-state index is 13.4. The Morgan fingerprint density at radius 3 is 2.88 bits per heavy atom. The number of carbonyl (C=O) groups is 2. The lowest BCUT2D eigenvalue weighted by Crippen LogP contribution is -2.38. The second kappa shape index (κ2) is 8.39. The van der Waals surface area contributed by atoms with Crippen molar-refractivity contribution in [3.05, 3.63) is 57.5 Å². The molecule has 11 heteroatoms. The zero-order valence-electron chi connectivity index (χ0n) is 18.2. The van der Waals surface area contributed by atoms with Crippen molar-refractivity contribution in [2.24, 2.45) is 0 Å². The summed E-state index contributed by atoms with van der Waals surface area (Å²) in [5.41, 5.74) is 1.28. The topological polar surface area (TPSA) is 114 Å². The molecule has 0 bridgehead atoms. The molecule has 2 aliphatic rings. The molecule has 1 fully saturated rings. The van der Waals surface area contributed by atoms with E-state index in [9.17, 15) is 18.8 Å². The van der Waals surface area contributed by atoms with E-state index < -0.39 is 11.7 Å². The van der Waals surface area contributed by atoms with Gasteiger partial charge in [0.05, 0.1) is 24.0 Å². The Hall–Kier alpha value is -3.60. The summed E-state index contributed by atoms with van der Waals surface area (Å²) in [6.07, 6.45) is 3.64. The first-order valence-corrected chi connectivity index (χ1v) is 11.0. The Balaban J connectivity index is 1.52. The molecule has 2 amide bonds. The minimum Gasteiger partial charge on any atom is -0.331 e. The molecule has 172 valence electrons. The van der Waals surface area contributed by atoms with Gasteiger partial charge in [-0.05, 0) is 37.9 Å². The molecule has 1 saturated heterocycles. The van der Waals surface area contributed by atoms with Crippen molar-refractivity contribution >= 4 is 23.3 Å². The number of anilines is 1. The number of hydrogen-bond acceptors (Lipinski definition) is 6. The second-order valence-corrected chi connectivity index (χ2v) is 8.37. The second-order valence-electron chi connectivity index (χ2n) is 8.37. The van der Waals surface area contributed by atoms with E-state index in [-0.39, 0.29) is 42.1 Å². The van der Waals surface area contributed by atoms with Crippen molar-refractivity contribution in [1.82, 2.24) is 29.4 Å². The highest BCUT2D eigenvalue weighted by Gasteiger charge is 2.36. The van der Waals surface area contributed by atoms with Gasteiger partial charge in [0.25, 0.3) is 11.5 Å². The fourth-order valence-electron chi connectivity index (χ4n) is 4.50. The number of nitrogens with zero attached hydrogens (tertiary/aromatic N) is 5.